The first-order valence-electron chi connectivity index (χ1n) is 7.34. The van der Waals surface area contributed by atoms with Crippen LogP contribution in [0, 0.1) is 0 Å². The maximum absolute atomic E-state index is 5.64. The number of rotatable bonds is 6. The van der Waals surface area contributed by atoms with E-state index < -0.39 is 0 Å². The Morgan fingerprint density at radius 1 is 1.35 bits per heavy atom. The van der Waals surface area contributed by atoms with E-state index in [9.17, 15) is 0 Å². The first-order chi connectivity index (χ1) is 9.72. The molecule has 1 atom stereocenters. The predicted octanol–water partition coefficient (Wildman–Crippen LogP) is 1.32. The zero-order chi connectivity index (χ0) is 14.4. The van der Waals surface area contributed by atoms with Crippen LogP contribution in [0.5, 0.6) is 0 Å². The highest BCUT2D eigenvalue weighted by Gasteiger charge is 2.16. The van der Waals surface area contributed by atoms with Crippen LogP contribution in [0.1, 0.15) is 30.2 Å². The van der Waals surface area contributed by atoms with E-state index >= 15 is 0 Å². The van der Waals surface area contributed by atoms with Crippen LogP contribution < -0.4 is 5.73 Å². The van der Waals surface area contributed by atoms with Crippen molar-refractivity contribution in [2.45, 2.75) is 26.0 Å². The standard InChI is InChI=1S/C14H26N4OS/c1-12(19-2)14-16-13(11-20-14)10-18-6-3-5-17(7-4-15)8-9-18/h11-12H,3-10,15H2,1-2H3. The lowest BCUT2D eigenvalue weighted by Gasteiger charge is -2.20. The van der Waals surface area contributed by atoms with Crippen LogP contribution in [0.25, 0.3) is 0 Å². The molecule has 2 N–H and O–H groups in total. The summed E-state index contributed by atoms with van der Waals surface area (Å²) in [6, 6.07) is 0. The van der Waals surface area contributed by atoms with Crippen molar-refractivity contribution in [3.05, 3.63) is 16.1 Å². The van der Waals surface area contributed by atoms with Crippen molar-refractivity contribution in [3.8, 4) is 0 Å². The SMILES string of the molecule is COC(C)c1nc(CN2CCCN(CCN)CC2)cs1. The van der Waals surface area contributed by atoms with E-state index in [1.54, 1.807) is 18.4 Å². The summed E-state index contributed by atoms with van der Waals surface area (Å²) in [5.41, 5.74) is 6.80. The largest absolute Gasteiger partial charge is 0.375 e. The Kier molecular flexibility index (Phi) is 6.38. The van der Waals surface area contributed by atoms with E-state index in [1.807, 2.05) is 6.92 Å². The van der Waals surface area contributed by atoms with Crippen LogP contribution in [0.4, 0.5) is 0 Å². The van der Waals surface area contributed by atoms with Gasteiger partial charge in [0.15, 0.2) is 0 Å². The Balaban J connectivity index is 1.85. The second-order valence-corrected chi connectivity index (χ2v) is 6.20. The molecule has 0 bridgehead atoms. The molecule has 0 spiro atoms. The third kappa shape index (κ3) is 4.49. The molecule has 20 heavy (non-hydrogen) atoms. The van der Waals surface area contributed by atoms with Crippen molar-refractivity contribution in [2.24, 2.45) is 5.73 Å². The van der Waals surface area contributed by atoms with Gasteiger partial charge < -0.3 is 15.4 Å². The van der Waals surface area contributed by atoms with Gasteiger partial charge in [0.25, 0.3) is 0 Å². The second kappa shape index (κ2) is 8.05. The highest BCUT2D eigenvalue weighted by Crippen LogP contribution is 2.21. The summed E-state index contributed by atoms with van der Waals surface area (Å²) in [6.07, 6.45) is 1.31. The Morgan fingerprint density at radius 3 is 2.85 bits per heavy atom. The molecule has 114 valence electrons. The molecule has 2 rings (SSSR count). The average Bonchev–Trinajstić information content (AvgIpc) is 2.80. The average molecular weight is 298 g/mol. The number of thiazole rings is 1. The molecule has 1 fully saturated rings. The molecule has 0 aliphatic carbocycles. The quantitative estimate of drug-likeness (QED) is 0.858. The lowest BCUT2D eigenvalue weighted by atomic mass is 10.3. The summed E-state index contributed by atoms with van der Waals surface area (Å²) in [5, 5.41) is 3.23. The third-order valence-electron chi connectivity index (χ3n) is 3.78. The minimum Gasteiger partial charge on any atom is -0.375 e. The topological polar surface area (TPSA) is 54.6 Å². The van der Waals surface area contributed by atoms with Crippen LogP contribution in [0.15, 0.2) is 5.38 Å². The van der Waals surface area contributed by atoms with Gasteiger partial charge >= 0.3 is 0 Å². The fourth-order valence-corrected chi connectivity index (χ4v) is 3.34. The molecule has 0 amide bonds. The molecule has 1 saturated heterocycles. The van der Waals surface area contributed by atoms with Gasteiger partial charge in [-0.25, -0.2) is 4.98 Å². The summed E-state index contributed by atoms with van der Waals surface area (Å²) >= 11 is 1.69. The van der Waals surface area contributed by atoms with E-state index in [2.05, 4.69) is 20.2 Å². The van der Waals surface area contributed by atoms with Crippen molar-refractivity contribution in [2.75, 3.05) is 46.4 Å². The van der Waals surface area contributed by atoms with Gasteiger partial charge in [0.2, 0.25) is 0 Å². The molecule has 1 aliphatic rings. The van der Waals surface area contributed by atoms with Crippen LogP contribution >= 0.6 is 11.3 Å². The molecular weight excluding hydrogens is 272 g/mol. The van der Waals surface area contributed by atoms with Crippen LogP contribution in [0.3, 0.4) is 0 Å². The first kappa shape index (κ1) is 15.9. The lowest BCUT2D eigenvalue weighted by Crippen LogP contribution is -2.33. The Labute approximate surface area is 125 Å². The fourth-order valence-electron chi connectivity index (χ4n) is 2.50. The molecule has 6 heteroatoms. The smallest absolute Gasteiger partial charge is 0.122 e. The van der Waals surface area contributed by atoms with E-state index in [0.717, 1.165) is 50.8 Å². The van der Waals surface area contributed by atoms with Crippen LogP contribution in [0.2, 0.25) is 0 Å². The van der Waals surface area contributed by atoms with Gasteiger partial charge in [0.05, 0.1) is 5.69 Å². The number of nitrogens with two attached hydrogens (primary N) is 1. The number of hydrogen-bond acceptors (Lipinski definition) is 6. The molecule has 0 saturated carbocycles. The molecule has 1 aromatic rings. The number of ether oxygens (including phenoxy) is 1. The Hall–Kier alpha value is -0.530. The Morgan fingerprint density at radius 2 is 2.10 bits per heavy atom. The monoisotopic (exact) mass is 298 g/mol. The normalized spacial score (nSPS) is 19.9. The van der Waals surface area contributed by atoms with Crippen LogP contribution in [-0.2, 0) is 11.3 Å². The van der Waals surface area contributed by atoms with E-state index in [4.69, 9.17) is 10.5 Å². The minimum absolute atomic E-state index is 0.0953. The van der Waals surface area contributed by atoms with Gasteiger partial charge in [-0.15, -0.1) is 11.3 Å². The number of nitrogens with zero attached hydrogens (tertiary/aromatic N) is 3. The number of aromatic nitrogens is 1. The van der Waals surface area contributed by atoms with Gasteiger partial charge in [-0.3, -0.25) is 4.90 Å². The van der Waals surface area contributed by atoms with Gasteiger partial charge in [-0.1, -0.05) is 0 Å². The first-order valence-corrected chi connectivity index (χ1v) is 8.22. The summed E-state index contributed by atoms with van der Waals surface area (Å²) in [7, 11) is 1.73. The second-order valence-electron chi connectivity index (χ2n) is 5.32. The molecule has 1 aromatic heterocycles. The van der Waals surface area contributed by atoms with E-state index in [0.29, 0.717) is 0 Å². The zero-order valence-electron chi connectivity index (χ0n) is 12.5. The van der Waals surface area contributed by atoms with E-state index in [-0.39, 0.29) is 6.10 Å². The fraction of sp³-hybridized carbons (Fsp3) is 0.786. The van der Waals surface area contributed by atoms with Crippen molar-refractivity contribution in [1.29, 1.82) is 0 Å². The number of hydrogen-bond donors (Lipinski definition) is 1. The molecule has 0 aromatic carbocycles. The van der Waals surface area contributed by atoms with Gasteiger partial charge in [-0.05, 0) is 26.4 Å². The van der Waals surface area contributed by atoms with E-state index in [1.165, 1.54) is 12.1 Å². The van der Waals surface area contributed by atoms with Crippen molar-refractivity contribution in [3.63, 3.8) is 0 Å². The molecule has 2 heterocycles. The highest BCUT2D eigenvalue weighted by molar-refractivity contribution is 7.09. The molecule has 5 nitrogen and oxygen atoms in total. The third-order valence-corrected chi connectivity index (χ3v) is 4.84. The Bertz CT molecular complexity index is 398. The highest BCUT2D eigenvalue weighted by atomic mass is 32.1. The molecule has 1 aliphatic heterocycles. The van der Waals surface area contributed by atoms with Crippen LogP contribution in [-0.4, -0.2) is 61.2 Å². The van der Waals surface area contributed by atoms with Crippen molar-refractivity contribution >= 4 is 11.3 Å². The predicted molar refractivity (Wildman–Crippen MR) is 82.9 cm³/mol. The van der Waals surface area contributed by atoms with Gasteiger partial charge in [-0.2, -0.15) is 0 Å². The molecule has 1 unspecified atom stereocenters. The maximum atomic E-state index is 5.64. The zero-order valence-corrected chi connectivity index (χ0v) is 13.4. The van der Waals surface area contributed by atoms with Gasteiger partial charge in [0, 0.05) is 45.2 Å². The lowest BCUT2D eigenvalue weighted by molar-refractivity contribution is 0.119. The summed E-state index contributed by atoms with van der Waals surface area (Å²) in [4.78, 5) is 9.63. The van der Waals surface area contributed by atoms with Crippen molar-refractivity contribution < 1.29 is 4.74 Å². The summed E-state index contributed by atoms with van der Waals surface area (Å²) in [5.74, 6) is 0. The molecule has 0 radical (unpaired) electrons. The van der Waals surface area contributed by atoms with Gasteiger partial charge in [0.1, 0.15) is 11.1 Å². The molecular formula is C14H26N4OS. The minimum atomic E-state index is 0.0953. The number of methoxy groups -OCH3 is 1. The maximum Gasteiger partial charge on any atom is 0.122 e. The van der Waals surface area contributed by atoms with Crippen molar-refractivity contribution in [1.82, 2.24) is 14.8 Å². The summed E-state index contributed by atoms with van der Waals surface area (Å²) in [6.45, 7) is 9.28. The summed E-state index contributed by atoms with van der Waals surface area (Å²) < 4.78 is 5.32.